The van der Waals surface area contributed by atoms with E-state index in [4.69, 9.17) is 24.9 Å². The van der Waals surface area contributed by atoms with Crippen LogP contribution in [0.5, 0.6) is 0 Å². The number of pyridine rings is 1. The van der Waals surface area contributed by atoms with Gasteiger partial charge in [0.15, 0.2) is 5.82 Å². The van der Waals surface area contributed by atoms with Gasteiger partial charge in [0, 0.05) is 127 Å². The SMILES string of the molecule is c1cc(-c2ccc3c4ccccc4n(-c4ccc5c(c4)c4ccccc4n5-c4cc(-n5c6ccccc6c6cc(-n7c8ccccc8c8ccccc87)ccc65)ncn4)c3c2)nc(-c2nc(-n3c4ccccc4c4cc(-n5c6ccccc6c6ccccc65)ccc43)cc(-n3c4ccccc4c4cc(-n5c6ccccc6c6ccccc65)ccc43)n2)c1. The molecule has 0 saturated carbocycles. The molecule has 0 saturated heterocycles. The Hall–Kier alpha value is -16.8. The topological polar surface area (TPSA) is 104 Å². The van der Waals surface area contributed by atoms with Crippen LogP contribution in [0.15, 0.2) is 395 Å². The second kappa shape index (κ2) is 25.4. The highest BCUT2D eigenvalue weighted by Crippen LogP contribution is 2.45. The number of hydrogen-bond donors (Lipinski definition) is 0. The van der Waals surface area contributed by atoms with Gasteiger partial charge < -0.3 is 18.3 Å². The van der Waals surface area contributed by atoms with Gasteiger partial charge >= 0.3 is 0 Å². The Bertz CT molecular complexity index is 8800. The van der Waals surface area contributed by atoms with Crippen LogP contribution < -0.4 is 0 Å². The average Bonchev–Trinajstić information content (AvgIpc) is 1.58. The van der Waals surface area contributed by atoms with Crippen molar-refractivity contribution in [3.63, 3.8) is 0 Å². The molecule has 0 spiro atoms. The zero-order chi connectivity index (χ0) is 79.5. The van der Waals surface area contributed by atoms with Crippen LogP contribution in [0.1, 0.15) is 0 Å². The Morgan fingerprint density at radius 3 is 0.697 bits per heavy atom. The molecule has 0 fully saturated rings. The summed E-state index contributed by atoms with van der Waals surface area (Å²) in [6, 6.07) is 140. The molecule has 0 amide bonds. The minimum absolute atomic E-state index is 0.484. The van der Waals surface area contributed by atoms with Gasteiger partial charge in [-0.2, -0.15) is 0 Å². The summed E-state index contributed by atoms with van der Waals surface area (Å²) < 4.78 is 18.8. The Labute approximate surface area is 694 Å². The van der Waals surface area contributed by atoms with E-state index in [0.717, 1.165) is 177 Å². The highest BCUT2D eigenvalue weighted by molar-refractivity contribution is 6.18. The van der Waals surface area contributed by atoms with Crippen LogP contribution >= 0.6 is 0 Å². The van der Waals surface area contributed by atoms with Gasteiger partial charge in [0.05, 0.1) is 94.0 Å². The second-order valence-corrected chi connectivity index (χ2v) is 32.0. The highest BCUT2D eigenvalue weighted by Gasteiger charge is 2.27. The summed E-state index contributed by atoms with van der Waals surface area (Å²) in [4.78, 5) is 27.3. The third-order valence-electron chi connectivity index (χ3n) is 25.6. The molecule has 0 bridgehead atoms. The standard InChI is InChI=1S/C109H65N13/c1-12-37-89-71(24-1)72-25-2-13-38-90(72)115(89)67-49-54-100-83(59-67)78-31-8-19-44-96(78)119(100)105-63-106(111-65-110-105)120-97-45-20-9-32-79(97)84-62-70(52-55-101(84)120)118-95-43-18-7-30-77(95)82-53-48-66(58-104(82)118)87-35-23-36-88(112-87)109-113-107(121-98-46-21-10-33-80(98)85-60-68(50-56-102(85)121)116-91-39-14-3-26-73(91)74-27-4-15-40-92(74)116)64-108(114-109)122-99-47-22-11-34-81(99)86-61-69(51-57-103(86)122)117-93-41-16-5-28-75(93)76-29-6-17-42-94(76)117/h1-65H. The molecule has 0 aliphatic rings. The predicted octanol–water partition coefficient (Wildman–Crippen LogP) is 26.8. The minimum atomic E-state index is 0.484. The molecule has 0 atom stereocenters. The summed E-state index contributed by atoms with van der Waals surface area (Å²) in [6.45, 7) is 0. The van der Waals surface area contributed by atoms with Crippen molar-refractivity contribution in [2.75, 3.05) is 0 Å². The molecular formula is C109H65N13. The first-order valence-electron chi connectivity index (χ1n) is 41.4. The molecule has 11 heterocycles. The fourth-order valence-electron chi connectivity index (χ4n) is 20.5. The third-order valence-corrected chi connectivity index (χ3v) is 25.6. The van der Waals surface area contributed by atoms with E-state index in [9.17, 15) is 0 Å². The van der Waals surface area contributed by atoms with Gasteiger partial charge in [-0.3, -0.25) is 18.3 Å². The smallest absolute Gasteiger partial charge is 0.182 e. The van der Waals surface area contributed by atoms with Gasteiger partial charge in [-0.1, -0.05) is 218 Å². The van der Waals surface area contributed by atoms with Crippen molar-refractivity contribution >= 4 is 174 Å². The number of rotatable bonds is 10. The first kappa shape index (κ1) is 66.4. The molecule has 122 heavy (non-hydrogen) atoms. The van der Waals surface area contributed by atoms with E-state index >= 15 is 0 Å². The van der Waals surface area contributed by atoms with Crippen molar-refractivity contribution in [3.05, 3.63) is 395 Å². The second-order valence-electron chi connectivity index (χ2n) is 32.0. The maximum atomic E-state index is 5.73. The molecule has 0 N–H and O–H groups in total. The van der Waals surface area contributed by atoms with Gasteiger partial charge in [-0.25, -0.2) is 24.9 Å². The fourth-order valence-corrected chi connectivity index (χ4v) is 20.5. The van der Waals surface area contributed by atoms with Gasteiger partial charge in [0.1, 0.15) is 35.3 Å². The number of hydrogen-bond acceptors (Lipinski definition) is 5. The van der Waals surface area contributed by atoms with E-state index in [1.54, 1.807) is 6.33 Å². The highest BCUT2D eigenvalue weighted by atomic mass is 15.2. The Balaban J connectivity index is 0.604. The molecule has 0 unspecified atom stereocenters. The lowest BCUT2D eigenvalue weighted by Crippen LogP contribution is -2.07. The monoisotopic (exact) mass is 1560 g/mol. The Morgan fingerprint density at radius 2 is 0.385 bits per heavy atom. The molecule has 13 heteroatoms. The van der Waals surface area contributed by atoms with Crippen molar-refractivity contribution in [1.29, 1.82) is 0 Å². The lowest BCUT2D eigenvalue weighted by atomic mass is 10.1. The fraction of sp³-hybridized carbons (Fsp3) is 0. The quantitative estimate of drug-likeness (QED) is 0.136. The molecule has 27 rings (SSSR count). The average molecular weight is 1560 g/mol. The lowest BCUT2D eigenvalue weighted by molar-refractivity contribution is 0.986. The maximum absolute atomic E-state index is 5.73. The minimum Gasteiger partial charge on any atom is -0.309 e. The zero-order valence-electron chi connectivity index (χ0n) is 65.3. The van der Waals surface area contributed by atoms with Gasteiger partial charge in [-0.05, 0) is 158 Å². The van der Waals surface area contributed by atoms with E-state index < -0.39 is 0 Å². The maximum Gasteiger partial charge on any atom is 0.182 e. The van der Waals surface area contributed by atoms with E-state index in [0.29, 0.717) is 23.2 Å². The number of fused-ring (bicyclic) bond motifs is 24. The van der Waals surface area contributed by atoms with E-state index in [2.05, 4.69) is 425 Å². The molecule has 566 valence electrons. The van der Waals surface area contributed by atoms with Crippen LogP contribution in [0.25, 0.3) is 243 Å². The summed E-state index contributed by atoms with van der Waals surface area (Å²) in [6.07, 6.45) is 1.71. The van der Waals surface area contributed by atoms with Crippen LogP contribution in [-0.4, -0.2) is 61.5 Å². The molecule has 0 radical (unpaired) electrons. The molecule has 11 aromatic heterocycles. The van der Waals surface area contributed by atoms with Crippen molar-refractivity contribution in [2.45, 2.75) is 0 Å². The van der Waals surface area contributed by atoms with Crippen molar-refractivity contribution < 1.29 is 0 Å². The van der Waals surface area contributed by atoms with Crippen LogP contribution in [-0.2, 0) is 0 Å². The lowest BCUT2D eigenvalue weighted by Gasteiger charge is -2.14. The van der Waals surface area contributed by atoms with Crippen molar-refractivity contribution in [2.24, 2.45) is 0 Å². The van der Waals surface area contributed by atoms with E-state index in [-0.39, 0.29) is 0 Å². The van der Waals surface area contributed by atoms with Gasteiger partial charge in [0.2, 0.25) is 0 Å². The largest absolute Gasteiger partial charge is 0.309 e. The molecule has 16 aromatic carbocycles. The van der Waals surface area contributed by atoms with Crippen molar-refractivity contribution in [3.8, 4) is 68.8 Å². The number of para-hydroxylation sites is 11. The van der Waals surface area contributed by atoms with Crippen LogP contribution in [0.4, 0.5) is 0 Å². The predicted molar refractivity (Wildman–Crippen MR) is 501 cm³/mol. The van der Waals surface area contributed by atoms with Gasteiger partial charge in [0.25, 0.3) is 0 Å². The van der Waals surface area contributed by atoms with E-state index in [1.807, 2.05) is 0 Å². The molecule has 0 aliphatic carbocycles. The zero-order valence-corrected chi connectivity index (χ0v) is 65.3. The summed E-state index contributed by atoms with van der Waals surface area (Å²) in [5, 5.41) is 18.6. The molecule has 13 nitrogen and oxygen atoms in total. The first-order valence-corrected chi connectivity index (χ1v) is 41.4. The molecular weight excluding hydrogens is 1490 g/mol. The molecule has 27 aromatic rings. The van der Waals surface area contributed by atoms with E-state index in [1.165, 1.54) is 43.4 Å². The number of nitrogens with zero attached hydrogens (tertiary/aromatic N) is 13. The normalized spacial score (nSPS) is 12.3. The molecule has 0 aliphatic heterocycles. The number of benzene rings is 16. The first-order chi connectivity index (χ1) is 60.5. The Morgan fingerprint density at radius 1 is 0.148 bits per heavy atom. The summed E-state index contributed by atoms with van der Waals surface area (Å²) in [5.41, 5.74) is 24.0. The summed E-state index contributed by atoms with van der Waals surface area (Å²) in [5.74, 6) is 3.44. The third kappa shape index (κ3) is 9.49. The summed E-state index contributed by atoms with van der Waals surface area (Å²) >= 11 is 0. The van der Waals surface area contributed by atoms with Crippen LogP contribution in [0, 0.1) is 0 Å². The van der Waals surface area contributed by atoms with Crippen molar-refractivity contribution in [1.82, 2.24) is 61.5 Å². The summed E-state index contributed by atoms with van der Waals surface area (Å²) in [7, 11) is 0. The number of aromatic nitrogens is 13. The Kier molecular flexibility index (Phi) is 13.8. The van der Waals surface area contributed by atoms with Gasteiger partial charge in [-0.15, -0.1) is 0 Å². The van der Waals surface area contributed by atoms with Crippen LogP contribution in [0.3, 0.4) is 0 Å². The van der Waals surface area contributed by atoms with Crippen LogP contribution in [0.2, 0.25) is 0 Å².